The molecule has 0 saturated carbocycles. The van der Waals surface area contributed by atoms with Crippen molar-refractivity contribution in [1.82, 2.24) is 4.98 Å². The van der Waals surface area contributed by atoms with Crippen LogP contribution in [0.2, 0.25) is 0 Å². The molecular formula is C16H14N2O2S. The molecule has 0 saturated heterocycles. The molecule has 1 aromatic carbocycles. The van der Waals surface area contributed by atoms with E-state index in [4.69, 9.17) is 0 Å². The molecule has 0 unspecified atom stereocenters. The lowest BCUT2D eigenvalue weighted by atomic mass is 10.1. The summed E-state index contributed by atoms with van der Waals surface area (Å²) >= 11 is 1.67. The third kappa shape index (κ3) is 2.73. The summed E-state index contributed by atoms with van der Waals surface area (Å²) in [6, 6.07) is 10.9. The molecule has 3 rings (SSSR count). The highest BCUT2D eigenvalue weighted by Crippen LogP contribution is 2.22. The first kappa shape index (κ1) is 13.6. The number of thiophene rings is 1. The zero-order valence-electron chi connectivity index (χ0n) is 11.5. The van der Waals surface area contributed by atoms with Crippen molar-refractivity contribution in [2.24, 2.45) is 0 Å². The van der Waals surface area contributed by atoms with Gasteiger partial charge in [-0.15, -0.1) is 0 Å². The Bertz CT molecular complexity index is 784. The van der Waals surface area contributed by atoms with Gasteiger partial charge in [-0.1, -0.05) is 6.07 Å². The molecule has 0 fully saturated rings. The molecule has 0 aliphatic carbocycles. The Kier molecular flexibility index (Phi) is 3.58. The number of hydrogen-bond acceptors (Lipinski definition) is 4. The van der Waals surface area contributed by atoms with E-state index in [-0.39, 0.29) is 5.56 Å². The summed E-state index contributed by atoms with van der Waals surface area (Å²) < 4.78 is 0. The zero-order chi connectivity index (χ0) is 14.8. The number of benzene rings is 1. The van der Waals surface area contributed by atoms with Crippen molar-refractivity contribution in [2.45, 2.75) is 6.54 Å². The average molecular weight is 298 g/mol. The second-order valence-electron chi connectivity index (χ2n) is 4.83. The van der Waals surface area contributed by atoms with Gasteiger partial charge in [-0.3, -0.25) is 0 Å². The summed E-state index contributed by atoms with van der Waals surface area (Å²) in [5.74, 6) is -0.0991. The average Bonchev–Trinajstić information content (AvgIpc) is 2.98. The Morgan fingerprint density at radius 3 is 2.86 bits per heavy atom. The number of fused-ring (bicyclic) bond motifs is 1. The maximum absolute atomic E-state index is 11.2. The number of carboxylic acid groups (broad SMARTS) is 1. The lowest BCUT2D eigenvalue weighted by molar-refractivity contribution is 0.0699. The van der Waals surface area contributed by atoms with Gasteiger partial charge in [0.1, 0.15) is 5.82 Å². The van der Waals surface area contributed by atoms with Gasteiger partial charge in [-0.25, -0.2) is 9.78 Å². The minimum Gasteiger partial charge on any atom is -0.478 e. The highest BCUT2D eigenvalue weighted by atomic mass is 32.1. The topological polar surface area (TPSA) is 53.4 Å². The van der Waals surface area contributed by atoms with Crippen LogP contribution < -0.4 is 4.90 Å². The number of aromatic nitrogens is 1. The first-order valence-electron chi connectivity index (χ1n) is 6.50. The molecular weight excluding hydrogens is 284 g/mol. The van der Waals surface area contributed by atoms with Gasteiger partial charge < -0.3 is 10.0 Å². The summed E-state index contributed by atoms with van der Waals surface area (Å²) in [6.45, 7) is 0.778. The van der Waals surface area contributed by atoms with Gasteiger partial charge in [0.05, 0.1) is 11.1 Å². The fourth-order valence-corrected chi connectivity index (χ4v) is 2.94. The molecule has 0 aliphatic rings. The van der Waals surface area contributed by atoms with Crippen LogP contribution in [-0.4, -0.2) is 23.1 Å². The van der Waals surface area contributed by atoms with E-state index in [2.05, 4.69) is 26.7 Å². The maximum atomic E-state index is 11.2. The number of rotatable bonds is 4. The van der Waals surface area contributed by atoms with Gasteiger partial charge in [0, 0.05) is 19.0 Å². The number of carboxylic acids is 1. The van der Waals surface area contributed by atoms with Crippen molar-refractivity contribution < 1.29 is 9.90 Å². The summed E-state index contributed by atoms with van der Waals surface area (Å²) in [7, 11) is 1.98. The van der Waals surface area contributed by atoms with E-state index in [0.717, 1.165) is 12.4 Å². The molecule has 21 heavy (non-hydrogen) atoms. The van der Waals surface area contributed by atoms with Crippen LogP contribution in [0.1, 0.15) is 15.9 Å². The van der Waals surface area contributed by atoms with Crippen molar-refractivity contribution in [3.63, 3.8) is 0 Å². The molecule has 0 atom stereocenters. The van der Waals surface area contributed by atoms with Crippen LogP contribution in [0.3, 0.4) is 0 Å². The molecule has 4 nitrogen and oxygen atoms in total. The smallest absolute Gasteiger partial charge is 0.336 e. The van der Waals surface area contributed by atoms with Crippen LogP contribution in [0.25, 0.3) is 10.9 Å². The molecule has 3 aromatic rings. The summed E-state index contributed by atoms with van der Waals surface area (Å²) in [5, 5.41) is 14.0. The number of nitrogens with zero attached hydrogens (tertiary/aromatic N) is 2. The molecule has 0 radical (unpaired) electrons. The maximum Gasteiger partial charge on any atom is 0.336 e. The Morgan fingerprint density at radius 1 is 1.29 bits per heavy atom. The summed E-state index contributed by atoms with van der Waals surface area (Å²) in [4.78, 5) is 17.8. The molecule has 5 heteroatoms. The summed E-state index contributed by atoms with van der Waals surface area (Å²) in [6.07, 6.45) is 0. The van der Waals surface area contributed by atoms with Gasteiger partial charge in [0.15, 0.2) is 0 Å². The Morgan fingerprint density at radius 2 is 2.14 bits per heavy atom. The molecule has 0 bridgehead atoms. The number of carbonyl (C=O) groups is 1. The van der Waals surface area contributed by atoms with Crippen LogP contribution >= 0.6 is 11.3 Å². The van der Waals surface area contributed by atoms with Gasteiger partial charge in [-0.05, 0) is 46.7 Å². The van der Waals surface area contributed by atoms with E-state index in [0.29, 0.717) is 10.9 Å². The second-order valence-corrected chi connectivity index (χ2v) is 5.61. The van der Waals surface area contributed by atoms with Crippen LogP contribution in [0.15, 0.2) is 47.2 Å². The first-order chi connectivity index (χ1) is 10.1. The molecule has 0 spiro atoms. The fourth-order valence-electron chi connectivity index (χ4n) is 2.28. The fraction of sp³-hybridized carbons (Fsp3) is 0.125. The monoisotopic (exact) mass is 298 g/mol. The number of anilines is 1. The largest absolute Gasteiger partial charge is 0.478 e. The number of pyridine rings is 1. The SMILES string of the molecule is CN(Cc1ccsc1)c1ccc2c(C(=O)O)cccc2n1. The van der Waals surface area contributed by atoms with Crippen molar-refractivity contribution in [3.05, 3.63) is 58.3 Å². The van der Waals surface area contributed by atoms with Gasteiger partial charge in [0.25, 0.3) is 0 Å². The third-order valence-electron chi connectivity index (χ3n) is 3.34. The van der Waals surface area contributed by atoms with E-state index < -0.39 is 5.97 Å². The first-order valence-corrected chi connectivity index (χ1v) is 7.45. The Hall–Kier alpha value is -2.40. The number of hydrogen-bond donors (Lipinski definition) is 1. The minimum atomic E-state index is -0.929. The molecule has 1 N–H and O–H groups in total. The molecule has 106 valence electrons. The Balaban J connectivity index is 1.96. The molecule has 0 amide bonds. The summed E-state index contributed by atoms with van der Waals surface area (Å²) in [5.41, 5.74) is 2.22. The normalized spacial score (nSPS) is 10.7. The van der Waals surface area contributed by atoms with Crippen LogP contribution in [-0.2, 0) is 6.54 Å². The lowest BCUT2D eigenvalue weighted by Crippen LogP contribution is -2.17. The second kappa shape index (κ2) is 5.54. The minimum absolute atomic E-state index is 0.284. The van der Waals surface area contributed by atoms with Crippen LogP contribution in [0.4, 0.5) is 5.82 Å². The predicted molar refractivity (Wildman–Crippen MR) is 85.1 cm³/mol. The zero-order valence-corrected chi connectivity index (χ0v) is 12.3. The highest BCUT2D eigenvalue weighted by molar-refractivity contribution is 7.07. The lowest BCUT2D eigenvalue weighted by Gasteiger charge is -2.18. The predicted octanol–water partition coefficient (Wildman–Crippen LogP) is 3.63. The van der Waals surface area contributed by atoms with E-state index in [1.165, 1.54) is 5.56 Å². The van der Waals surface area contributed by atoms with E-state index >= 15 is 0 Å². The van der Waals surface area contributed by atoms with Gasteiger partial charge in [0.2, 0.25) is 0 Å². The van der Waals surface area contributed by atoms with Crippen molar-refractivity contribution in [2.75, 3.05) is 11.9 Å². The third-order valence-corrected chi connectivity index (χ3v) is 4.07. The molecule has 2 heterocycles. The molecule has 2 aromatic heterocycles. The van der Waals surface area contributed by atoms with Crippen LogP contribution in [0, 0.1) is 0 Å². The highest BCUT2D eigenvalue weighted by Gasteiger charge is 2.10. The number of aromatic carboxylic acids is 1. The van der Waals surface area contributed by atoms with Gasteiger partial charge in [-0.2, -0.15) is 11.3 Å². The molecule has 0 aliphatic heterocycles. The van der Waals surface area contributed by atoms with E-state index in [9.17, 15) is 9.90 Å². The Labute approximate surface area is 126 Å². The van der Waals surface area contributed by atoms with Crippen molar-refractivity contribution in [1.29, 1.82) is 0 Å². The van der Waals surface area contributed by atoms with Crippen molar-refractivity contribution in [3.8, 4) is 0 Å². The quantitative estimate of drug-likeness (QED) is 0.799. The van der Waals surface area contributed by atoms with Crippen LogP contribution in [0.5, 0.6) is 0 Å². The standard InChI is InChI=1S/C16H14N2O2S/c1-18(9-11-7-8-21-10-11)15-6-5-12-13(16(19)20)3-2-4-14(12)17-15/h2-8,10H,9H2,1H3,(H,19,20). The van der Waals surface area contributed by atoms with E-state index in [1.807, 2.05) is 25.2 Å². The van der Waals surface area contributed by atoms with Crippen molar-refractivity contribution >= 4 is 34.0 Å². The van der Waals surface area contributed by atoms with E-state index in [1.54, 1.807) is 23.5 Å². The van der Waals surface area contributed by atoms with Gasteiger partial charge >= 0.3 is 5.97 Å².